The second-order valence-electron chi connectivity index (χ2n) is 4.77. The lowest BCUT2D eigenvalue weighted by Crippen LogP contribution is -2.27. The summed E-state index contributed by atoms with van der Waals surface area (Å²) in [5.74, 6) is -0.279. The van der Waals surface area contributed by atoms with Gasteiger partial charge >= 0.3 is 0 Å². The minimum absolute atomic E-state index is 0.253. The SMILES string of the molecule is COc1cccc(N2C(=O)S/C(=C\c3cccc(F)c3)C2=O)c1. The third kappa shape index (κ3) is 3.12. The zero-order valence-electron chi connectivity index (χ0n) is 12.2. The Hall–Kier alpha value is -2.60. The summed E-state index contributed by atoms with van der Waals surface area (Å²) in [6, 6.07) is 12.5. The first kappa shape index (κ1) is 15.3. The molecule has 6 heteroatoms. The van der Waals surface area contributed by atoms with E-state index in [0.717, 1.165) is 16.7 Å². The monoisotopic (exact) mass is 329 g/mol. The molecule has 0 aliphatic carbocycles. The van der Waals surface area contributed by atoms with Gasteiger partial charge in [-0.15, -0.1) is 0 Å². The molecule has 1 aliphatic rings. The molecule has 0 saturated carbocycles. The fourth-order valence-electron chi connectivity index (χ4n) is 2.19. The Kier molecular flexibility index (Phi) is 4.16. The van der Waals surface area contributed by atoms with E-state index in [-0.39, 0.29) is 4.91 Å². The molecule has 2 aromatic rings. The number of ether oxygens (including phenoxy) is 1. The topological polar surface area (TPSA) is 46.6 Å². The van der Waals surface area contributed by atoms with Crippen molar-refractivity contribution in [3.8, 4) is 5.75 Å². The van der Waals surface area contributed by atoms with Crippen molar-refractivity contribution in [1.82, 2.24) is 0 Å². The third-order valence-corrected chi connectivity index (χ3v) is 4.12. The van der Waals surface area contributed by atoms with E-state index in [9.17, 15) is 14.0 Å². The maximum Gasteiger partial charge on any atom is 0.298 e. The molecule has 0 aromatic heterocycles. The van der Waals surface area contributed by atoms with Gasteiger partial charge in [-0.2, -0.15) is 0 Å². The van der Waals surface area contributed by atoms with E-state index in [1.807, 2.05) is 0 Å². The van der Waals surface area contributed by atoms with Crippen molar-refractivity contribution >= 4 is 34.7 Å². The molecule has 2 amide bonds. The normalized spacial score (nSPS) is 16.3. The standard InChI is InChI=1S/C17H12FNO3S/c1-22-14-7-3-6-13(10-14)19-16(20)15(23-17(19)21)9-11-4-2-5-12(18)8-11/h2-10H,1H3/b15-9-. The molecule has 1 saturated heterocycles. The van der Waals surface area contributed by atoms with E-state index >= 15 is 0 Å². The van der Waals surface area contributed by atoms with Crippen LogP contribution < -0.4 is 9.64 Å². The summed E-state index contributed by atoms with van der Waals surface area (Å²) in [6.07, 6.45) is 1.51. The van der Waals surface area contributed by atoms with Crippen LogP contribution in [0.1, 0.15) is 5.56 Å². The van der Waals surface area contributed by atoms with E-state index in [0.29, 0.717) is 17.0 Å². The highest BCUT2D eigenvalue weighted by Crippen LogP contribution is 2.36. The molecule has 0 N–H and O–H groups in total. The minimum atomic E-state index is -0.433. The molecule has 4 nitrogen and oxygen atoms in total. The van der Waals surface area contributed by atoms with Gasteiger partial charge in [-0.3, -0.25) is 9.59 Å². The zero-order valence-corrected chi connectivity index (χ0v) is 13.0. The van der Waals surface area contributed by atoms with Gasteiger partial charge in [0.2, 0.25) is 0 Å². The summed E-state index contributed by atoms with van der Waals surface area (Å²) in [4.78, 5) is 26.0. The van der Waals surface area contributed by atoms with Crippen molar-refractivity contribution < 1.29 is 18.7 Å². The summed E-state index contributed by atoms with van der Waals surface area (Å²) >= 11 is 0.826. The molecule has 116 valence electrons. The average Bonchev–Trinajstić information content (AvgIpc) is 2.81. The number of methoxy groups -OCH3 is 1. The molecule has 1 aliphatic heterocycles. The fourth-order valence-corrected chi connectivity index (χ4v) is 3.03. The number of benzene rings is 2. The number of nitrogens with zero attached hydrogens (tertiary/aromatic N) is 1. The van der Waals surface area contributed by atoms with Gasteiger partial charge in [-0.05, 0) is 47.7 Å². The first-order valence-electron chi connectivity index (χ1n) is 6.76. The smallest absolute Gasteiger partial charge is 0.298 e. The molecule has 23 heavy (non-hydrogen) atoms. The van der Waals surface area contributed by atoms with Gasteiger partial charge in [0.1, 0.15) is 11.6 Å². The number of thioether (sulfide) groups is 1. The first-order chi connectivity index (χ1) is 11.1. The number of amides is 2. The molecule has 0 atom stereocenters. The summed E-state index contributed by atoms with van der Waals surface area (Å²) in [6.45, 7) is 0. The number of hydrogen-bond acceptors (Lipinski definition) is 4. The third-order valence-electron chi connectivity index (χ3n) is 3.25. The molecular weight excluding hydrogens is 317 g/mol. The number of imide groups is 1. The van der Waals surface area contributed by atoms with Gasteiger partial charge in [0, 0.05) is 6.07 Å². The maximum absolute atomic E-state index is 13.2. The molecule has 1 fully saturated rings. The lowest BCUT2D eigenvalue weighted by atomic mass is 10.2. The van der Waals surface area contributed by atoms with Gasteiger partial charge < -0.3 is 4.74 Å². The molecule has 0 bridgehead atoms. The van der Waals surface area contributed by atoms with Crippen LogP contribution >= 0.6 is 11.8 Å². The minimum Gasteiger partial charge on any atom is -0.497 e. The summed E-state index contributed by atoms with van der Waals surface area (Å²) < 4.78 is 18.3. The van der Waals surface area contributed by atoms with E-state index in [2.05, 4.69) is 0 Å². The molecule has 0 spiro atoms. The van der Waals surface area contributed by atoms with Crippen molar-refractivity contribution in [1.29, 1.82) is 0 Å². The van der Waals surface area contributed by atoms with Gasteiger partial charge in [0.05, 0.1) is 17.7 Å². The number of anilines is 1. The molecule has 2 aromatic carbocycles. The van der Waals surface area contributed by atoms with Crippen LogP contribution in [0, 0.1) is 5.82 Å². The summed E-state index contributed by atoms with van der Waals surface area (Å²) in [5.41, 5.74) is 0.968. The second kappa shape index (κ2) is 6.26. The van der Waals surface area contributed by atoms with Crippen LogP contribution in [-0.2, 0) is 4.79 Å². The number of carbonyl (C=O) groups is 2. The summed E-state index contributed by atoms with van der Waals surface area (Å²) in [5, 5.41) is -0.397. The van der Waals surface area contributed by atoms with E-state index in [1.165, 1.54) is 25.3 Å². The van der Waals surface area contributed by atoms with Gasteiger partial charge in [-0.1, -0.05) is 18.2 Å². The molecular formula is C17H12FNO3S. The lowest BCUT2D eigenvalue weighted by molar-refractivity contribution is -0.113. The van der Waals surface area contributed by atoms with Crippen LogP contribution in [0.5, 0.6) is 5.75 Å². The molecule has 1 heterocycles. The Morgan fingerprint density at radius 1 is 1.13 bits per heavy atom. The lowest BCUT2D eigenvalue weighted by Gasteiger charge is -2.13. The van der Waals surface area contributed by atoms with Gasteiger partial charge in [0.25, 0.3) is 11.1 Å². The number of halogens is 1. The maximum atomic E-state index is 13.2. The highest BCUT2D eigenvalue weighted by atomic mass is 32.2. The van der Waals surface area contributed by atoms with Crippen molar-refractivity contribution in [3.05, 3.63) is 64.8 Å². The van der Waals surface area contributed by atoms with Crippen molar-refractivity contribution in [2.75, 3.05) is 12.0 Å². The molecule has 0 unspecified atom stereocenters. The van der Waals surface area contributed by atoms with Crippen molar-refractivity contribution in [2.45, 2.75) is 0 Å². The van der Waals surface area contributed by atoms with Crippen LogP contribution in [0.25, 0.3) is 6.08 Å². The van der Waals surface area contributed by atoms with Crippen LogP contribution in [0.15, 0.2) is 53.4 Å². The van der Waals surface area contributed by atoms with Crippen molar-refractivity contribution in [3.63, 3.8) is 0 Å². The van der Waals surface area contributed by atoms with Gasteiger partial charge in [-0.25, -0.2) is 9.29 Å². The Balaban J connectivity index is 1.93. The fraction of sp³-hybridized carbons (Fsp3) is 0.0588. The summed E-state index contributed by atoms with van der Waals surface area (Å²) in [7, 11) is 1.51. The van der Waals surface area contributed by atoms with Crippen LogP contribution in [-0.4, -0.2) is 18.3 Å². The second-order valence-corrected chi connectivity index (χ2v) is 5.77. The number of rotatable bonds is 3. The quantitative estimate of drug-likeness (QED) is 0.796. The number of hydrogen-bond donors (Lipinski definition) is 0. The van der Waals surface area contributed by atoms with Crippen LogP contribution in [0.4, 0.5) is 14.9 Å². The van der Waals surface area contributed by atoms with Gasteiger partial charge in [0.15, 0.2) is 0 Å². The highest BCUT2D eigenvalue weighted by molar-refractivity contribution is 8.19. The highest BCUT2D eigenvalue weighted by Gasteiger charge is 2.36. The Labute approximate surface area is 136 Å². The predicted molar refractivity (Wildman–Crippen MR) is 87.8 cm³/mol. The van der Waals surface area contributed by atoms with Crippen LogP contribution in [0.2, 0.25) is 0 Å². The Bertz CT molecular complexity index is 819. The Morgan fingerprint density at radius 2 is 1.91 bits per heavy atom. The van der Waals surface area contributed by atoms with E-state index < -0.39 is 17.0 Å². The van der Waals surface area contributed by atoms with E-state index in [4.69, 9.17) is 4.74 Å². The largest absolute Gasteiger partial charge is 0.497 e. The van der Waals surface area contributed by atoms with E-state index in [1.54, 1.807) is 36.4 Å². The van der Waals surface area contributed by atoms with Crippen molar-refractivity contribution in [2.24, 2.45) is 0 Å². The predicted octanol–water partition coefficient (Wildman–Crippen LogP) is 4.08. The molecule has 0 radical (unpaired) electrons. The Morgan fingerprint density at radius 3 is 2.65 bits per heavy atom. The molecule has 3 rings (SSSR count). The first-order valence-corrected chi connectivity index (χ1v) is 7.58. The van der Waals surface area contributed by atoms with Crippen LogP contribution in [0.3, 0.4) is 0 Å². The number of carbonyl (C=O) groups excluding carboxylic acids is 2. The zero-order chi connectivity index (χ0) is 16.4. The average molecular weight is 329 g/mol.